The third-order valence-corrected chi connectivity index (χ3v) is 4.11. The molecule has 0 fully saturated rings. The summed E-state index contributed by atoms with van der Waals surface area (Å²) in [6, 6.07) is 0. The number of hydrogen-bond acceptors (Lipinski definition) is 2. The number of nitrogens with zero attached hydrogens (tertiary/aromatic N) is 1. The van der Waals surface area contributed by atoms with Crippen LogP contribution in [0.1, 0.15) is 85.0 Å². The third kappa shape index (κ3) is 11.3. The summed E-state index contributed by atoms with van der Waals surface area (Å²) in [7, 11) is 0. The van der Waals surface area contributed by atoms with E-state index in [1.807, 2.05) is 0 Å². The summed E-state index contributed by atoms with van der Waals surface area (Å²) in [4.78, 5) is 4.60. The zero-order valence-electron chi connectivity index (χ0n) is 16.1. The van der Waals surface area contributed by atoms with Crippen LogP contribution in [0, 0.1) is 0 Å². The maximum atomic E-state index is 5.62. The lowest BCUT2D eigenvalue weighted by Gasteiger charge is -2.07. The van der Waals surface area contributed by atoms with Crippen LogP contribution in [-0.4, -0.2) is 18.0 Å². The third-order valence-electron chi connectivity index (χ3n) is 4.11. The Bertz CT molecular complexity index is 429. The first-order chi connectivity index (χ1) is 11.6. The predicted octanol–water partition coefficient (Wildman–Crippen LogP) is 6.78. The van der Waals surface area contributed by atoms with Gasteiger partial charge in [0.15, 0.2) is 5.90 Å². The van der Waals surface area contributed by atoms with Crippen molar-refractivity contribution in [3.8, 4) is 0 Å². The van der Waals surface area contributed by atoms with E-state index in [2.05, 4.69) is 62.2 Å². The van der Waals surface area contributed by atoms with Crippen molar-refractivity contribution in [1.29, 1.82) is 0 Å². The van der Waals surface area contributed by atoms with Crippen LogP contribution in [0.5, 0.6) is 0 Å². The van der Waals surface area contributed by atoms with Gasteiger partial charge in [-0.25, -0.2) is 4.99 Å². The van der Waals surface area contributed by atoms with Gasteiger partial charge in [0.1, 0.15) is 6.61 Å². The maximum Gasteiger partial charge on any atom is 0.183 e. The number of aliphatic imine (C=N–C) groups is 1. The quantitative estimate of drug-likeness (QED) is 0.269. The molecule has 24 heavy (non-hydrogen) atoms. The lowest BCUT2D eigenvalue weighted by molar-refractivity contribution is 0.273. The van der Waals surface area contributed by atoms with E-state index in [0.29, 0.717) is 0 Å². The van der Waals surface area contributed by atoms with Gasteiger partial charge >= 0.3 is 0 Å². The van der Waals surface area contributed by atoms with Crippen molar-refractivity contribution in [2.45, 2.75) is 90.5 Å². The highest BCUT2D eigenvalue weighted by Crippen LogP contribution is 2.19. The van der Waals surface area contributed by atoms with Crippen molar-refractivity contribution in [3.63, 3.8) is 0 Å². The van der Waals surface area contributed by atoms with Gasteiger partial charge in [-0.3, -0.25) is 0 Å². The molecule has 0 aromatic rings. The minimum Gasteiger partial charge on any atom is -0.478 e. The molecule has 0 unspecified atom stereocenters. The first-order valence-corrected chi connectivity index (χ1v) is 9.84. The number of rotatable bonds is 13. The highest BCUT2D eigenvalue weighted by Gasteiger charge is 2.25. The van der Waals surface area contributed by atoms with Gasteiger partial charge in [0.05, 0.1) is 5.54 Å². The maximum absolute atomic E-state index is 5.62. The highest BCUT2D eigenvalue weighted by atomic mass is 16.5. The van der Waals surface area contributed by atoms with Gasteiger partial charge in [-0.15, -0.1) is 0 Å². The first kappa shape index (κ1) is 20.7. The molecule has 1 rings (SSSR count). The highest BCUT2D eigenvalue weighted by molar-refractivity contribution is 5.78. The van der Waals surface area contributed by atoms with Crippen LogP contribution < -0.4 is 0 Å². The Morgan fingerprint density at radius 1 is 0.875 bits per heavy atom. The zero-order chi connectivity index (χ0) is 17.5. The molecule has 0 N–H and O–H groups in total. The fourth-order valence-electron chi connectivity index (χ4n) is 2.66. The SMILES string of the molecule is CCCC/C=C/C=C/C=C/CCCCCCCC1=NC(C)(C)CO1. The van der Waals surface area contributed by atoms with Gasteiger partial charge in [0.2, 0.25) is 0 Å². The Kier molecular flexibility index (Phi) is 11.3. The Labute approximate surface area is 149 Å². The van der Waals surface area contributed by atoms with E-state index in [-0.39, 0.29) is 5.54 Å². The van der Waals surface area contributed by atoms with Gasteiger partial charge in [0.25, 0.3) is 0 Å². The number of hydrogen-bond donors (Lipinski definition) is 0. The van der Waals surface area contributed by atoms with Gasteiger partial charge in [-0.05, 0) is 39.5 Å². The average molecular weight is 332 g/mol. The molecule has 0 amide bonds. The molecule has 0 aliphatic carbocycles. The van der Waals surface area contributed by atoms with E-state index in [0.717, 1.165) is 18.9 Å². The molecule has 0 aromatic carbocycles. The fraction of sp³-hybridized carbons (Fsp3) is 0.682. The van der Waals surface area contributed by atoms with Crippen LogP contribution in [0.15, 0.2) is 41.4 Å². The van der Waals surface area contributed by atoms with Gasteiger partial charge in [0, 0.05) is 6.42 Å². The smallest absolute Gasteiger partial charge is 0.183 e. The van der Waals surface area contributed by atoms with Gasteiger partial charge < -0.3 is 4.74 Å². The van der Waals surface area contributed by atoms with Crippen molar-refractivity contribution in [2.75, 3.05) is 6.61 Å². The van der Waals surface area contributed by atoms with E-state index < -0.39 is 0 Å². The standard InChI is InChI=1S/C22H37NO/c1-4-5-6-7-8-9-10-11-12-13-14-15-16-17-18-19-21-23-22(2,3)20-24-21/h7-12H,4-6,13-20H2,1-3H3/b8-7+,10-9+,12-11+. The summed E-state index contributed by atoms with van der Waals surface area (Å²) in [5.74, 6) is 0.971. The summed E-state index contributed by atoms with van der Waals surface area (Å²) in [6.45, 7) is 7.24. The Hall–Kier alpha value is -1.31. The second kappa shape index (κ2) is 13.0. The minimum atomic E-state index is 0.00140. The molecule has 0 saturated heterocycles. The summed E-state index contributed by atoms with van der Waals surface area (Å²) >= 11 is 0. The molecular weight excluding hydrogens is 294 g/mol. The summed E-state index contributed by atoms with van der Waals surface area (Å²) in [6.07, 6.45) is 25.5. The van der Waals surface area contributed by atoms with Gasteiger partial charge in [-0.2, -0.15) is 0 Å². The van der Waals surface area contributed by atoms with Gasteiger partial charge in [-0.1, -0.05) is 75.5 Å². The summed E-state index contributed by atoms with van der Waals surface area (Å²) in [5, 5.41) is 0. The number of unbranched alkanes of at least 4 members (excludes halogenated alkanes) is 7. The fourth-order valence-corrected chi connectivity index (χ4v) is 2.66. The van der Waals surface area contributed by atoms with Crippen molar-refractivity contribution in [3.05, 3.63) is 36.5 Å². The Morgan fingerprint density at radius 3 is 2.12 bits per heavy atom. The Morgan fingerprint density at radius 2 is 1.50 bits per heavy atom. The zero-order valence-corrected chi connectivity index (χ0v) is 16.1. The van der Waals surface area contributed by atoms with Crippen molar-refractivity contribution in [2.24, 2.45) is 4.99 Å². The molecule has 1 heterocycles. The summed E-state index contributed by atoms with van der Waals surface area (Å²) < 4.78 is 5.62. The molecule has 0 radical (unpaired) electrons. The average Bonchev–Trinajstić information content (AvgIpc) is 2.90. The molecule has 1 aliphatic heterocycles. The molecule has 2 heteroatoms. The lowest BCUT2D eigenvalue weighted by atomic mass is 10.1. The van der Waals surface area contributed by atoms with E-state index in [9.17, 15) is 0 Å². The largest absolute Gasteiger partial charge is 0.478 e. The molecule has 0 aromatic heterocycles. The molecule has 1 aliphatic rings. The first-order valence-electron chi connectivity index (χ1n) is 9.84. The van der Waals surface area contributed by atoms with E-state index in [1.165, 1.54) is 57.8 Å². The molecule has 0 atom stereocenters. The van der Waals surface area contributed by atoms with Crippen LogP contribution in [0.3, 0.4) is 0 Å². The van der Waals surface area contributed by atoms with Crippen LogP contribution in [0.25, 0.3) is 0 Å². The molecule has 136 valence electrons. The van der Waals surface area contributed by atoms with E-state index in [4.69, 9.17) is 4.74 Å². The van der Waals surface area contributed by atoms with Crippen molar-refractivity contribution < 1.29 is 4.74 Å². The lowest BCUT2D eigenvalue weighted by Crippen LogP contribution is -2.17. The van der Waals surface area contributed by atoms with E-state index in [1.54, 1.807) is 0 Å². The van der Waals surface area contributed by atoms with Crippen LogP contribution in [0.2, 0.25) is 0 Å². The summed E-state index contributed by atoms with van der Waals surface area (Å²) in [5.41, 5.74) is 0.00140. The number of ether oxygens (including phenoxy) is 1. The topological polar surface area (TPSA) is 21.6 Å². The normalized spacial score (nSPS) is 17.2. The molecule has 0 saturated carbocycles. The molecule has 2 nitrogen and oxygen atoms in total. The van der Waals surface area contributed by atoms with Crippen LogP contribution in [-0.2, 0) is 4.74 Å². The predicted molar refractivity (Wildman–Crippen MR) is 107 cm³/mol. The Balaban J connectivity index is 1.89. The van der Waals surface area contributed by atoms with Crippen LogP contribution >= 0.6 is 0 Å². The second-order valence-electron chi connectivity index (χ2n) is 7.30. The molecule has 0 bridgehead atoms. The molecular formula is C22H37NO. The number of allylic oxidation sites excluding steroid dienone is 6. The van der Waals surface area contributed by atoms with Crippen LogP contribution in [0.4, 0.5) is 0 Å². The van der Waals surface area contributed by atoms with E-state index >= 15 is 0 Å². The molecule has 0 spiro atoms. The van der Waals surface area contributed by atoms with Crippen molar-refractivity contribution in [1.82, 2.24) is 0 Å². The second-order valence-corrected chi connectivity index (χ2v) is 7.30. The minimum absolute atomic E-state index is 0.00140. The van der Waals surface area contributed by atoms with Crippen molar-refractivity contribution >= 4 is 5.90 Å². The monoisotopic (exact) mass is 331 g/mol.